The molecule has 3 heterocycles. The number of allylic oxidation sites excluding steroid dienone is 1. The summed E-state index contributed by atoms with van der Waals surface area (Å²) in [5.41, 5.74) is -2.54. The van der Waals surface area contributed by atoms with Crippen LogP contribution in [0.3, 0.4) is 0 Å². The topological polar surface area (TPSA) is 117 Å². The number of nitrogens with zero attached hydrogens (tertiary/aromatic N) is 4. The number of aliphatic hydroxyl groups is 1. The molecule has 1 saturated carbocycles. The lowest BCUT2D eigenvalue weighted by atomic mass is 9.99. The summed E-state index contributed by atoms with van der Waals surface area (Å²) in [6.45, 7) is 3.93. The van der Waals surface area contributed by atoms with Gasteiger partial charge in [0, 0.05) is 36.1 Å². The Labute approximate surface area is 196 Å². The molecule has 0 spiro atoms. The van der Waals surface area contributed by atoms with Crippen LogP contribution >= 0.6 is 0 Å². The number of pyridine rings is 1. The van der Waals surface area contributed by atoms with Crippen molar-refractivity contribution in [2.24, 2.45) is 0 Å². The number of aromatic nitrogens is 3. The third-order valence-corrected chi connectivity index (χ3v) is 8.38. The Morgan fingerprint density at radius 1 is 1.29 bits per heavy atom. The summed E-state index contributed by atoms with van der Waals surface area (Å²) in [4.78, 5) is 21.7. The minimum absolute atomic E-state index is 0.0930. The van der Waals surface area contributed by atoms with Crippen LogP contribution in [0.5, 0.6) is 0 Å². The van der Waals surface area contributed by atoms with Gasteiger partial charge in [-0.05, 0) is 52.0 Å². The molecule has 0 radical (unpaired) electrons. The van der Waals surface area contributed by atoms with E-state index in [1.807, 2.05) is 0 Å². The third-order valence-electron chi connectivity index (χ3n) is 6.68. The van der Waals surface area contributed by atoms with Crippen molar-refractivity contribution in [3.63, 3.8) is 0 Å². The van der Waals surface area contributed by atoms with Crippen molar-refractivity contribution in [3.05, 3.63) is 39.7 Å². The van der Waals surface area contributed by atoms with Crippen molar-refractivity contribution in [2.45, 2.75) is 70.1 Å². The molecule has 0 bridgehead atoms. The second kappa shape index (κ2) is 9.31. The van der Waals surface area contributed by atoms with Gasteiger partial charge in [-0.1, -0.05) is 6.08 Å². The summed E-state index contributed by atoms with van der Waals surface area (Å²) in [7, 11) is -3.43. The van der Waals surface area contributed by atoms with E-state index >= 15 is 0 Å². The van der Waals surface area contributed by atoms with Crippen LogP contribution in [0.15, 0.2) is 28.5 Å². The van der Waals surface area contributed by atoms with Crippen LogP contribution < -0.4 is 10.9 Å². The first-order valence-electron chi connectivity index (χ1n) is 11.4. The van der Waals surface area contributed by atoms with Gasteiger partial charge in [-0.25, -0.2) is 22.2 Å². The average Bonchev–Trinajstić information content (AvgIpc) is 3.12. The molecule has 0 unspecified atom stereocenters. The van der Waals surface area contributed by atoms with E-state index in [4.69, 9.17) is 0 Å². The van der Waals surface area contributed by atoms with Crippen molar-refractivity contribution in [2.75, 3.05) is 18.4 Å². The molecule has 2 aromatic heterocycles. The summed E-state index contributed by atoms with van der Waals surface area (Å²) >= 11 is 0. The van der Waals surface area contributed by atoms with E-state index in [0.29, 0.717) is 45.2 Å². The highest BCUT2D eigenvalue weighted by molar-refractivity contribution is 7.92. The zero-order chi connectivity index (χ0) is 24.7. The molecule has 9 nitrogen and oxygen atoms in total. The van der Waals surface area contributed by atoms with Gasteiger partial charge in [-0.15, -0.1) is 0 Å². The van der Waals surface area contributed by atoms with Gasteiger partial charge in [0.25, 0.3) is 12.0 Å². The number of alkyl halides is 2. The Morgan fingerprint density at radius 2 is 2.00 bits per heavy atom. The molecular formula is C22H29F2N5O4S. The van der Waals surface area contributed by atoms with Crippen molar-refractivity contribution >= 4 is 27.0 Å². The Morgan fingerprint density at radius 3 is 2.59 bits per heavy atom. The van der Waals surface area contributed by atoms with Crippen LogP contribution in [0, 0.1) is 0 Å². The van der Waals surface area contributed by atoms with E-state index in [-0.39, 0.29) is 23.0 Å². The van der Waals surface area contributed by atoms with Gasteiger partial charge in [0.2, 0.25) is 16.0 Å². The van der Waals surface area contributed by atoms with E-state index in [9.17, 15) is 27.1 Å². The first-order valence-corrected chi connectivity index (χ1v) is 12.9. The predicted octanol–water partition coefficient (Wildman–Crippen LogP) is 2.94. The summed E-state index contributed by atoms with van der Waals surface area (Å²) in [5, 5.41) is 15.5. The Hall–Kier alpha value is -2.44. The molecule has 0 amide bonds. The minimum Gasteiger partial charge on any atom is -0.388 e. The molecule has 4 rings (SSSR count). The predicted molar refractivity (Wildman–Crippen MR) is 124 cm³/mol. The molecule has 2 aromatic rings. The van der Waals surface area contributed by atoms with Crippen LogP contribution in [0.4, 0.5) is 14.7 Å². The summed E-state index contributed by atoms with van der Waals surface area (Å²) in [6, 6.07) is 0.338. The maximum absolute atomic E-state index is 13.6. The van der Waals surface area contributed by atoms with Crippen LogP contribution in [0.25, 0.3) is 11.0 Å². The first kappa shape index (κ1) is 24.7. The van der Waals surface area contributed by atoms with Crippen molar-refractivity contribution in [1.82, 2.24) is 18.8 Å². The SMILES string of the molecule is C/C=C/S(=O)(=O)N1CCC(Nc2ncc3cc(C(F)F)c(=O)n([C@@H]4CCC[C@@]4(C)O)c3n2)CC1. The number of hydrogen-bond acceptors (Lipinski definition) is 7. The minimum atomic E-state index is -3.43. The van der Waals surface area contributed by atoms with Crippen LogP contribution in [-0.2, 0) is 10.0 Å². The lowest BCUT2D eigenvalue weighted by Gasteiger charge is -2.31. The van der Waals surface area contributed by atoms with Crippen molar-refractivity contribution in [3.8, 4) is 0 Å². The average molecular weight is 498 g/mol. The third kappa shape index (κ3) is 4.71. The van der Waals surface area contributed by atoms with Gasteiger partial charge in [0.05, 0.1) is 17.2 Å². The fourth-order valence-electron chi connectivity index (χ4n) is 4.89. The van der Waals surface area contributed by atoms with Crippen molar-refractivity contribution < 1.29 is 22.3 Å². The van der Waals surface area contributed by atoms with Crippen LogP contribution in [0.2, 0.25) is 0 Å². The Kier molecular flexibility index (Phi) is 6.76. The largest absolute Gasteiger partial charge is 0.388 e. The maximum atomic E-state index is 13.6. The monoisotopic (exact) mass is 497 g/mol. The highest BCUT2D eigenvalue weighted by atomic mass is 32.2. The van der Waals surface area contributed by atoms with Gasteiger partial charge in [-0.2, -0.15) is 9.29 Å². The van der Waals surface area contributed by atoms with E-state index in [2.05, 4.69) is 15.3 Å². The molecule has 12 heteroatoms. The van der Waals surface area contributed by atoms with E-state index in [1.165, 1.54) is 26.6 Å². The second-order valence-corrected chi connectivity index (χ2v) is 11.0. The van der Waals surface area contributed by atoms with Crippen LogP contribution in [0.1, 0.15) is 64.0 Å². The van der Waals surface area contributed by atoms with Crippen molar-refractivity contribution in [1.29, 1.82) is 0 Å². The number of piperidine rings is 1. The molecule has 1 aliphatic carbocycles. The fourth-order valence-corrected chi connectivity index (χ4v) is 6.13. The zero-order valence-corrected chi connectivity index (χ0v) is 19.9. The Balaban J connectivity index is 1.65. The normalized spacial score (nSPS) is 25.1. The zero-order valence-electron chi connectivity index (χ0n) is 19.1. The van der Waals surface area contributed by atoms with Crippen LogP contribution in [-0.4, -0.2) is 57.1 Å². The van der Waals surface area contributed by atoms with Gasteiger partial charge >= 0.3 is 0 Å². The summed E-state index contributed by atoms with van der Waals surface area (Å²) < 4.78 is 54.2. The van der Waals surface area contributed by atoms with Gasteiger partial charge in [-0.3, -0.25) is 9.36 Å². The highest BCUT2D eigenvalue weighted by Crippen LogP contribution is 2.39. The number of halogens is 2. The van der Waals surface area contributed by atoms with Gasteiger partial charge in [0.1, 0.15) is 5.65 Å². The molecule has 186 valence electrons. The molecule has 34 heavy (non-hydrogen) atoms. The second-order valence-electron chi connectivity index (χ2n) is 9.15. The number of anilines is 1. The molecule has 1 saturated heterocycles. The molecule has 2 fully saturated rings. The summed E-state index contributed by atoms with van der Waals surface area (Å²) in [6.07, 6.45) is 2.58. The Bertz CT molecular complexity index is 1250. The number of rotatable bonds is 6. The van der Waals surface area contributed by atoms with E-state index in [1.54, 1.807) is 13.8 Å². The van der Waals surface area contributed by atoms with Gasteiger partial charge < -0.3 is 10.4 Å². The first-order chi connectivity index (χ1) is 16.0. The summed E-state index contributed by atoms with van der Waals surface area (Å²) in [5.74, 6) is 0.220. The standard InChI is InChI=1S/C22H29F2N5O4S/c1-3-11-34(32,33)28-9-6-15(7-10-28)26-21-25-13-14-12-16(18(23)24)20(30)29(19(14)27-21)17-5-4-8-22(17,2)31/h3,11-13,15,17-18,31H,4-10H2,1-2H3,(H,25,26,27)/b11-3+/t17-,22-/m1/s1. The highest BCUT2D eigenvalue weighted by Gasteiger charge is 2.40. The number of nitrogens with one attached hydrogen (secondary N) is 1. The molecule has 1 aliphatic heterocycles. The fraction of sp³-hybridized carbons (Fsp3) is 0.591. The molecule has 0 aromatic carbocycles. The number of fused-ring (bicyclic) bond motifs is 1. The lowest BCUT2D eigenvalue weighted by Crippen LogP contribution is -2.41. The lowest BCUT2D eigenvalue weighted by molar-refractivity contribution is 0.0261. The smallest absolute Gasteiger partial charge is 0.269 e. The molecule has 2 atom stereocenters. The quantitative estimate of drug-likeness (QED) is 0.630. The maximum Gasteiger partial charge on any atom is 0.269 e. The van der Waals surface area contributed by atoms with E-state index in [0.717, 1.165) is 6.07 Å². The molecule has 2 aliphatic rings. The van der Waals surface area contributed by atoms with E-state index < -0.39 is 39.2 Å². The van der Waals surface area contributed by atoms with Gasteiger partial charge in [0.15, 0.2) is 0 Å². The number of hydrogen-bond donors (Lipinski definition) is 2. The number of sulfonamides is 1. The molecular weight excluding hydrogens is 468 g/mol. The molecule has 2 N–H and O–H groups in total.